The number of halogens is 1. The average Bonchev–Trinajstić information content (AvgIpc) is 2.90. The molecule has 1 fully saturated rings. The van der Waals surface area contributed by atoms with Crippen LogP contribution in [-0.2, 0) is 14.8 Å². The highest BCUT2D eigenvalue weighted by molar-refractivity contribution is 7.90. The van der Waals surface area contributed by atoms with Gasteiger partial charge in [-0.1, -0.05) is 12.1 Å². The maximum absolute atomic E-state index is 12.2. The Bertz CT molecular complexity index is 774. The summed E-state index contributed by atoms with van der Waals surface area (Å²) in [6.45, 7) is 2.56. The third kappa shape index (κ3) is 4.36. The van der Waals surface area contributed by atoms with Crippen molar-refractivity contribution in [3.8, 4) is 0 Å². The first-order valence-corrected chi connectivity index (χ1v) is 10.1. The van der Waals surface area contributed by atoms with E-state index in [9.17, 15) is 13.2 Å². The van der Waals surface area contributed by atoms with Gasteiger partial charge in [-0.2, -0.15) is 8.42 Å². The molecule has 9 heteroatoms. The molecule has 0 spiro atoms. The summed E-state index contributed by atoms with van der Waals surface area (Å²) < 4.78 is 28.3. The third-order valence-electron chi connectivity index (χ3n) is 4.71. The molecule has 0 atom stereocenters. The summed E-state index contributed by atoms with van der Waals surface area (Å²) in [6.07, 6.45) is 3.20. The second-order valence-corrected chi connectivity index (χ2v) is 8.01. The van der Waals surface area contributed by atoms with Crippen LogP contribution >= 0.6 is 12.4 Å². The molecule has 2 heterocycles. The van der Waals surface area contributed by atoms with Crippen LogP contribution in [0.25, 0.3) is 0 Å². The van der Waals surface area contributed by atoms with Gasteiger partial charge in [0.05, 0.1) is 0 Å². The molecule has 0 radical (unpaired) electrons. The Kier molecular flexibility index (Phi) is 7.02. The number of amidine groups is 1. The zero-order valence-electron chi connectivity index (χ0n) is 14.6. The summed E-state index contributed by atoms with van der Waals surface area (Å²) in [6, 6.07) is 6.89. The van der Waals surface area contributed by atoms with E-state index in [0.717, 1.165) is 12.8 Å². The van der Waals surface area contributed by atoms with Crippen LogP contribution in [0.2, 0.25) is 0 Å². The number of piperidine rings is 1. The Morgan fingerprint density at radius 1 is 1.23 bits per heavy atom. The number of amides is 1. The Balaban J connectivity index is 0.00000243. The number of likely N-dealkylation sites (tertiary alicyclic amines) is 1. The van der Waals surface area contributed by atoms with Gasteiger partial charge in [0, 0.05) is 31.1 Å². The zero-order valence-corrected chi connectivity index (χ0v) is 16.2. The molecule has 1 aromatic carbocycles. The largest absolute Gasteiger partial charge is 0.356 e. The molecule has 26 heavy (non-hydrogen) atoms. The number of fused-ring (bicyclic) bond motifs is 1. The monoisotopic (exact) mass is 400 g/mol. The van der Waals surface area contributed by atoms with E-state index in [-0.39, 0.29) is 29.1 Å². The van der Waals surface area contributed by atoms with E-state index < -0.39 is 10.0 Å². The van der Waals surface area contributed by atoms with Gasteiger partial charge in [0.1, 0.15) is 4.90 Å². The lowest BCUT2D eigenvalue weighted by molar-refractivity contribution is -0.126. The predicted molar refractivity (Wildman–Crippen MR) is 103 cm³/mol. The van der Waals surface area contributed by atoms with Crippen molar-refractivity contribution in [2.24, 2.45) is 16.0 Å². The van der Waals surface area contributed by atoms with E-state index >= 15 is 0 Å². The summed E-state index contributed by atoms with van der Waals surface area (Å²) >= 11 is 0. The smallest absolute Gasteiger partial charge is 0.285 e. The van der Waals surface area contributed by atoms with Gasteiger partial charge in [-0.25, -0.2) is 0 Å². The third-order valence-corrected chi connectivity index (χ3v) is 6.03. The molecular formula is C17H25ClN4O3S. The highest BCUT2D eigenvalue weighted by Gasteiger charge is 2.34. The molecule has 0 aromatic heterocycles. The fourth-order valence-corrected chi connectivity index (χ4v) is 4.52. The van der Waals surface area contributed by atoms with E-state index in [0.29, 0.717) is 50.4 Å². The lowest BCUT2D eigenvalue weighted by Gasteiger charge is -2.32. The van der Waals surface area contributed by atoms with E-state index in [4.69, 9.17) is 5.73 Å². The molecule has 0 bridgehead atoms. The number of hydrogen-bond donors (Lipinski definition) is 2. The summed E-state index contributed by atoms with van der Waals surface area (Å²) in [5.74, 6) is 0.568. The number of benzene rings is 1. The number of rotatable bonds is 5. The van der Waals surface area contributed by atoms with Crippen LogP contribution in [0.3, 0.4) is 0 Å². The van der Waals surface area contributed by atoms with Crippen LogP contribution in [-0.4, -0.2) is 51.2 Å². The predicted octanol–water partition coefficient (Wildman–Crippen LogP) is 1.12. The van der Waals surface area contributed by atoms with Gasteiger partial charge in [0.25, 0.3) is 10.0 Å². The lowest BCUT2D eigenvalue weighted by atomic mass is 9.95. The van der Waals surface area contributed by atoms with Crippen molar-refractivity contribution in [2.45, 2.75) is 30.6 Å². The van der Waals surface area contributed by atoms with Gasteiger partial charge in [0.15, 0.2) is 5.84 Å². The molecule has 2 aliphatic heterocycles. The normalized spacial score (nSPS) is 18.7. The maximum Gasteiger partial charge on any atom is 0.285 e. The first-order chi connectivity index (χ1) is 12.0. The molecule has 144 valence electrons. The molecule has 1 saturated heterocycles. The average molecular weight is 401 g/mol. The number of nitrogens with zero attached hydrogens (tertiary/aromatic N) is 2. The SMILES string of the molecule is Cl.NCCCCNC(=O)C1CCN(C2=NS(=O)(=O)c3ccccc32)CC1. The van der Waals surface area contributed by atoms with Crippen molar-refractivity contribution in [1.82, 2.24) is 10.2 Å². The minimum Gasteiger partial charge on any atom is -0.356 e. The second-order valence-electron chi connectivity index (χ2n) is 6.43. The number of nitrogens with two attached hydrogens (primary N) is 1. The lowest BCUT2D eigenvalue weighted by Crippen LogP contribution is -2.43. The molecular weight excluding hydrogens is 376 g/mol. The summed E-state index contributed by atoms with van der Waals surface area (Å²) in [5.41, 5.74) is 6.10. The molecule has 7 nitrogen and oxygen atoms in total. The van der Waals surface area contributed by atoms with Crippen molar-refractivity contribution in [2.75, 3.05) is 26.2 Å². The number of hydrogen-bond acceptors (Lipinski definition) is 5. The molecule has 0 saturated carbocycles. The number of carbonyl (C=O) groups is 1. The van der Waals surface area contributed by atoms with E-state index in [1.807, 2.05) is 11.0 Å². The van der Waals surface area contributed by atoms with Crippen LogP contribution < -0.4 is 11.1 Å². The highest BCUT2D eigenvalue weighted by Crippen LogP contribution is 2.29. The second kappa shape index (κ2) is 8.83. The fourth-order valence-electron chi connectivity index (χ4n) is 3.30. The van der Waals surface area contributed by atoms with Gasteiger partial charge in [-0.3, -0.25) is 4.79 Å². The summed E-state index contributed by atoms with van der Waals surface area (Å²) in [4.78, 5) is 14.4. The standard InChI is InChI=1S/C17H24N4O3S.ClH/c18-9-3-4-10-19-17(22)13-7-11-21(12-8-13)16-14-5-1-2-6-15(14)25(23,24)20-16;/h1-2,5-6,13H,3-4,7-12,18H2,(H,19,22);1H. The number of nitrogens with one attached hydrogen (secondary N) is 1. The topological polar surface area (TPSA) is 105 Å². The molecule has 0 unspecified atom stereocenters. The quantitative estimate of drug-likeness (QED) is 0.720. The van der Waals surface area contributed by atoms with Crippen molar-refractivity contribution in [1.29, 1.82) is 0 Å². The van der Waals surface area contributed by atoms with Crippen molar-refractivity contribution in [3.05, 3.63) is 29.8 Å². The first kappa shape index (κ1) is 20.7. The summed E-state index contributed by atoms with van der Waals surface area (Å²) in [5, 5.41) is 2.96. The Hall–Kier alpha value is -1.64. The minimum absolute atomic E-state index is 0. The highest BCUT2D eigenvalue weighted by atomic mass is 35.5. The van der Waals surface area contributed by atoms with Crippen LogP contribution in [0.4, 0.5) is 0 Å². The Morgan fingerprint density at radius 2 is 1.92 bits per heavy atom. The van der Waals surface area contributed by atoms with E-state index in [1.54, 1.807) is 18.2 Å². The molecule has 3 N–H and O–H groups in total. The van der Waals surface area contributed by atoms with Gasteiger partial charge in [-0.15, -0.1) is 16.8 Å². The minimum atomic E-state index is -3.59. The number of unbranched alkanes of at least 4 members (excludes halogenated alkanes) is 1. The molecule has 3 rings (SSSR count). The Morgan fingerprint density at radius 3 is 2.62 bits per heavy atom. The first-order valence-electron chi connectivity index (χ1n) is 8.70. The van der Waals surface area contributed by atoms with Gasteiger partial charge < -0.3 is 16.0 Å². The van der Waals surface area contributed by atoms with Gasteiger partial charge in [0.2, 0.25) is 5.91 Å². The molecule has 1 amide bonds. The van der Waals surface area contributed by atoms with E-state index in [1.165, 1.54) is 0 Å². The fraction of sp³-hybridized carbons (Fsp3) is 0.529. The van der Waals surface area contributed by atoms with Crippen molar-refractivity contribution < 1.29 is 13.2 Å². The van der Waals surface area contributed by atoms with Gasteiger partial charge in [-0.05, 0) is 44.4 Å². The maximum atomic E-state index is 12.2. The molecule has 1 aromatic rings. The number of sulfonamides is 1. The zero-order chi connectivity index (χ0) is 17.9. The van der Waals surface area contributed by atoms with Crippen molar-refractivity contribution >= 4 is 34.2 Å². The van der Waals surface area contributed by atoms with Gasteiger partial charge >= 0.3 is 0 Å². The van der Waals surface area contributed by atoms with E-state index in [2.05, 4.69) is 9.71 Å². The Labute approximate surface area is 160 Å². The van der Waals surface area contributed by atoms with Crippen LogP contribution in [0, 0.1) is 5.92 Å². The van der Waals surface area contributed by atoms with Crippen LogP contribution in [0.1, 0.15) is 31.2 Å². The summed E-state index contributed by atoms with van der Waals surface area (Å²) in [7, 11) is -3.59. The van der Waals surface area contributed by atoms with Crippen LogP contribution in [0.15, 0.2) is 33.6 Å². The van der Waals surface area contributed by atoms with Crippen molar-refractivity contribution in [3.63, 3.8) is 0 Å². The number of carbonyl (C=O) groups excluding carboxylic acids is 1. The van der Waals surface area contributed by atoms with Crippen LogP contribution in [0.5, 0.6) is 0 Å². The molecule has 2 aliphatic rings. The molecule has 0 aliphatic carbocycles.